The summed E-state index contributed by atoms with van der Waals surface area (Å²) in [5, 5.41) is 25.7. The molecule has 6 rings (SSSR count). The van der Waals surface area contributed by atoms with E-state index < -0.39 is 0 Å². The fraction of sp³-hybridized carbons (Fsp3) is 0.162. The monoisotopic (exact) mass is 712 g/mol. The van der Waals surface area contributed by atoms with Crippen LogP contribution in [0.5, 0.6) is 17.5 Å². The van der Waals surface area contributed by atoms with Gasteiger partial charge in [0, 0.05) is 31.0 Å². The molecule has 0 bridgehead atoms. The van der Waals surface area contributed by atoms with E-state index in [2.05, 4.69) is 61.5 Å². The zero-order valence-corrected chi connectivity index (χ0v) is 28.8. The van der Waals surface area contributed by atoms with Gasteiger partial charge >= 0.3 is 6.01 Å². The number of anilines is 7. The van der Waals surface area contributed by atoms with Crippen molar-refractivity contribution in [2.75, 3.05) is 52.8 Å². The molecule has 4 aromatic carbocycles. The molecule has 0 atom stereocenters. The first-order valence-corrected chi connectivity index (χ1v) is 16.9. The van der Waals surface area contributed by atoms with Crippen molar-refractivity contribution in [1.82, 2.24) is 29.9 Å². The molecule has 16 heteroatoms. The lowest BCUT2D eigenvalue weighted by Crippen LogP contribution is -2.24. The van der Waals surface area contributed by atoms with Gasteiger partial charge in [-0.25, -0.2) is 0 Å². The molecule has 2 aromatic heterocycles. The maximum Gasteiger partial charge on any atom is 0.328 e. The maximum absolute atomic E-state index is 9.57. The summed E-state index contributed by atoms with van der Waals surface area (Å²) in [6.45, 7) is 1.93. The van der Waals surface area contributed by atoms with Gasteiger partial charge in [0.2, 0.25) is 29.7 Å². The molecule has 16 nitrogen and oxygen atoms in total. The van der Waals surface area contributed by atoms with Gasteiger partial charge in [-0.15, -0.1) is 0 Å². The number of guanidine groups is 1. The summed E-state index contributed by atoms with van der Waals surface area (Å²) in [6, 6.07) is 34.2. The van der Waals surface area contributed by atoms with E-state index in [1.54, 1.807) is 12.1 Å². The van der Waals surface area contributed by atoms with Crippen molar-refractivity contribution in [3.63, 3.8) is 0 Å². The molecule has 0 aliphatic carbocycles. The number of rotatable bonds is 18. The van der Waals surface area contributed by atoms with Gasteiger partial charge in [-0.1, -0.05) is 60.7 Å². The Kier molecular flexibility index (Phi) is 12.2. The summed E-state index contributed by atoms with van der Waals surface area (Å²) >= 11 is 0. The Labute approximate surface area is 306 Å². The van der Waals surface area contributed by atoms with Crippen LogP contribution in [0.25, 0.3) is 0 Å². The highest BCUT2D eigenvalue weighted by atomic mass is 16.5. The van der Waals surface area contributed by atoms with E-state index in [0.717, 1.165) is 22.5 Å². The highest BCUT2D eigenvalue weighted by Crippen LogP contribution is 2.23. The van der Waals surface area contributed by atoms with Gasteiger partial charge in [-0.05, 0) is 72.5 Å². The molecule has 53 heavy (non-hydrogen) atoms. The molecule has 0 aliphatic heterocycles. The van der Waals surface area contributed by atoms with Gasteiger partial charge in [-0.2, -0.15) is 29.9 Å². The number of nitrogens with one attached hydrogen (secondary N) is 5. The number of para-hydroxylation sites is 2. The van der Waals surface area contributed by atoms with Crippen LogP contribution in [0.2, 0.25) is 0 Å². The Bertz CT molecular complexity index is 2060. The summed E-state index contributed by atoms with van der Waals surface area (Å²) in [7, 11) is 0. The van der Waals surface area contributed by atoms with E-state index in [9.17, 15) is 5.11 Å². The smallest absolute Gasteiger partial charge is 0.328 e. The van der Waals surface area contributed by atoms with Crippen LogP contribution in [0.3, 0.4) is 0 Å². The lowest BCUT2D eigenvalue weighted by molar-refractivity contribution is 0.441. The molecule has 6 aromatic rings. The fourth-order valence-electron chi connectivity index (χ4n) is 4.91. The predicted octanol–water partition coefficient (Wildman–Crippen LogP) is 5.04. The summed E-state index contributed by atoms with van der Waals surface area (Å²) in [4.78, 5) is 31.1. The Morgan fingerprint density at radius 3 is 1.55 bits per heavy atom. The first-order valence-electron chi connectivity index (χ1n) is 16.9. The Balaban J connectivity index is 1.08. The zero-order valence-electron chi connectivity index (χ0n) is 28.8. The number of aromatic nitrogens is 6. The number of aliphatic imine (C=N–C) groups is 1. The van der Waals surface area contributed by atoms with Crippen LogP contribution in [0, 0.1) is 0 Å². The van der Waals surface area contributed by atoms with Gasteiger partial charge in [0.05, 0.1) is 6.54 Å². The molecule has 0 unspecified atom stereocenters. The number of ether oxygens (including phenoxy) is 1. The molecular formula is C37H40N14O2. The molecule has 0 saturated heterocycles. The normalized spacial score (nSPS) is 10.6. The number of benzene rings is 4. The summed E-state index contributed by atoms with van der Waals surface area (Å²) in [5.74, 6) is 2.69. The minimum atomic E-state index is 0.0208. The van der Waals surface area contributed by atoms with Crippen LogP contribution < -0.4 is 42.8 Å². The average molecular weight is 713 g/mol. The molecule has 270 valence electrons. The number of nitrogens with two attached hydrogens (primary N) is 2. The number of aromatic hydroxyl groups is 1. The van der Waals surface area contributed by atoms with E-state index in [4.69, 9.17) is 16.2 Å². The number of hydrogen-bond donors (Lipinski definition) is 8. The van der Waals surface area contributed by atoms with Gasteiger partial charge < -0.3 is 47.9 Å². The molecule has 0 amide bonds. The maximum atomic E-state index is 9.57. The first kappa shape index (κ1) is 35.6. The average Bonchev–Trinajstić information content (AvgIpc) is 3.16. The van der Waals surface area contributed by atoms with Gasteiger partial charge in [0.1, 0.15) is 11.5 Å². The van der Waals surface area contributed by atoms with Crippen LogP contribution in [-0.2, 0) is 12.8 Å². The number of phenolic OH excluding ortho intramolecular Hbond substituents is 1. The largest absolute Gasteiger partial charge is 0.508 e. The van der Waals surface area contributed by atoms with Gasteiger partial charge in [0.25, 0.3) is 0 Å². The Hall–Kier alpha value is -7.23. The molecule has 10 N–H and O–H groups in total. The minimum Gasteiger partial charge on any atom is -0.508 e. The van der Waals surface area contributed by atoms with Crippen molar-refractivity contribution in [2.45, 2.75) is 12.8 Å². The van der Waals surface area contributed by atoms with Crippen LogP contribution in [0.4, 0.5) is 41.1 Å². The Morgan fingerprint density at radius 2 is 1.00 bits per heavy atom. The Morgan fingerprint density at radius 1 is 0.547 bits per heavy atom. The third kappa shape index (κ3) is 11.7. The molecule has 2 heterocycles. The lowest BCUT2D eigenvalue weighted by atomic mass is 10.1. The standard InChI is InChI=1S/C37H40N14O2/c38-31(39)40-23-24-43-33-46-32(47-35(48-33)44-27-7-3-1-4-8-27)41-21-20-26-13-17-30(18-14-26)53-37-50-34(42-22-19-25-11-15-29(52)16-12-25)49-36(51-37)45-28-9-5-2-6-10-28/h1-18,52H,19-24H2,(H4,38,39,40)(H2,42,45,49,50,51)(H3,41,43,44,46,47,48). The second-order valence-corrected chi connectivity index (χ2v) is 11.6. The van der Waals surface area contributed by atoms with Gasteiger partial charge in [0.15, 0.2) is 5.96 Å². The van der Waals surface area contributed by atoms with E-state index in [1.165, 1.54) is 0 Å². The quantitative estimate of drug-likeness (QED) is 0.0332. The van der Waals surface area contributed by atoms with E-state index in [1.807, 2.05) is 97.1 Å². The fourth-order valence-corrected chi connectivity index (χ4v) is 4.91. The molecule has 0 saturated carbocycles. The predicted molar refractivity (Wildman–Crippen MR) is 207 cm³/mol. The van der Waals surface area contributed by atoms with Crippen molar-refractivity contribution >= 4 is 47.1 Å². The van der Waals surface area contributed by atoms with Crippen molar-refractivity contribution in [3.05, 3.63) is 120 Å². The van der Waals surface area contributed by atoms with Crippen molar-refractivity contribution in [2.24, 2.45) is 16.5 Å². The summed E-state index contributed by atoms with van der Waals surface area (Å²) < 4.78 is 6.08. The van der Waals surface area contributed by atoms with Crippen LogP contribution in [0.15, 0.2) is 114 Å². The zero-order chi connectivity index (χ0) is 36.7. The van der Waals surface area contributed by atoms with Crippen LogP contribution in [0.1, 0.15) is 11.1 Å². The van der Waals surface area contributed by atoms with E-state index >= 15 is 0 Å². The SMILES string of the molecule is NC(N)=NCCNc1nc(NCCc2ccc(Oc3nc(NCCc4ccc(O)cc4)nc(Nc4ccccc4)n3)cc2)nc(Nc2ccccc2)n1. The molecular weight excluding hydrogens is 673 g/mol. The van der Waals surface area contributed by atoms with Gasteiger partial charge in [-0.3, -0.25) is 4.99 Å². The molecule has 0 spiro atoms. The lowest BCUT2D eigenvalue weighted by Gasteiger charge is -2.12. The topological polar surface area (TPSA) is 231 Å². The van der Waals surface area contributed by atoms with Crippen molar-refractivity contribution in [1.29, 1.82) is 0 Å². The number of phenols is 1. The minimum absolute atomic E-state index is 0.0208. The highest BCUT2D eigenvalue weighted by molar-refractivity contribution is 5.75. The van der Waals surface area contributed by atoms with E-state index in [-0.39, 0.29) is 17.7 Å². The molecule has 0 aliphatic rings. The third-order valence-electron chi connectivity index (χ3n) is 7.46. The third-order valence-corrected chi connectivity index (χ3v) is 7.46. The first-order chi connectivity index (χ1) is 25.9. The highest BCUT2D eigenvalue weighted by Gasteiger charge is 2.11. The molecule has 0 fully saturated rings. The van der Waals surface area contributed by atoms with Crippen LogP contribution >= 0.6 is 0 Å². The summed E-state index contributed by atoms with van der Waals surface area (Å²) in [6.07, 6.45) is 1.39. The van der Waals surface area contributed by atoms with Crippen molar-refractivity contribution in [3.8, 4) is 17.5 Å². The second kappa shape index (κ2) is 18.1. The van der Waals surface area contributed by atoms with E-state index in [0.29, 0.717) is 74.5 Å². The summed E-state index contributed by atoms with van der Waals surface area (Å²) in [5.41, 5.74) is 14.7. The van der Waals surface area contributed by atoms with Crippen molar-refractivity contribution < 1.29 is 9.84 Å². The second-order valence-electron chi connectivity index (χ2n) is 11.6. The number of nitrogens with zero attached hydrogens (tertiary/aromatic N) is 7. The molecule has 0 radical (unpaired) electrons. The van der Waals surface area contributed by atoms with Crippen LogP contribution in [-0.4, -0.2) is 67.1 Å². The number of hydrogen-bond acceptors (Lipinski definition) is 14.